The van der Waals surface area contributed by atoms with Crippen LogP contribution in [0.5, 0.6) is 23.0 Å². The maximum Gasteiger partial charge on any atom is 0.189 e. The van der Waals surface area contributed by atoms with E-state index in [1.165, 1.54) is 5.56 Å². The number of hydrogen-bond acceptors (Lipinski definition) is 14. The number of Topliss-reactive ketones (excluding diaryl/α,β-unsaturated/α-hetero) is 1. The summed E-state index contributed by atoms with van der Waals surface area (Å²) in [6.07, 6.45) is 7.84. The molecule has 4 fully saturated rings. The molecule has 4 heterocycles. The number of aliphatic hydroxyl groups is 5. The molecular formula is C47H64N2O12. The zero-order valence-electron chi connectivity index (χ0n) is 34.4. The third-order valence-electron chi connectivity index (χ3n) is 15.1. The molecule has 9 atom stereocenters. The van der Waals surface area contributed by atoms with Gasteiger partial charge in [-0.2, -0.15) is 0 Å². The van der Waals surface area contributed by atoms with Crippen molar-refractivity contribution in [1.29, 1.82) is 0 Å². The van der Waals surface area contributed by atoms with Crippen LogP contribution >= 0.6 is 0 Å². The molecule has 10 rings (SSSR count). The molecule has 0 aromatic heterocycles. The largest absolute Gasteiger partial charge is 0.482 e. The Morgan fingerprint density at radius 1 is 0.754 bits per heavy atom. The van der Waals surface area contributed by atoms with Crippen molar-refractivity contribution >= 4 is 5.78 Å². The van der Waals surface area contributed by atoms with Gasteiger partial charge in [0.25, 0.3) is 0 Å². The van der Waals surface area contributed by atoms with E-state index in [4.69, 9.17) is 38.6 Å². The lowest BCUT2D eigenvalue weighted by molar-refractivity contribution is -0.206. The van der Waals surface area contributed by atoms with Crippen molar-refractivity contribution < 1.29 is 58.7 Å². The van der Waals surface area contributed by atoms with Crippen LogP contribution in [0.2, 0.25) is 0 Å². The second kappa shape index (κ2) is 17.2. The number of likely N-dealkylation sites (tertiary alicyclic amines) is 2. The van der Waals surface area contributed by atoms with E-state index in [9.17, 15) is 20.1 Å². The number of nitrogens with zero attached hydrogens (tertiary/aromatic N) is 2. The number of hydrogen-bond donors (Lipinski definition) is 5. The van der Waals surface area contributed by atoms with Crippen LogP contribution in [0.15, 0.2) is 49.6 Å². The summed E-state index contributed by atoms with van der Waals surface area (Å²) >= 11 is 0. The molecule has 2 aromatic carbocycles. The van der Waals surface area contributed by atoms with Crippen molar-refractivity contribution in [1.82, 2.24) is 9.80 Å². The van der Waals surface area contributed by atoms with Crippen molar-refractivity contribution in [3.63, 3.8) is 0 Å². The number of ketones is 1. The fraction of sp³-hybridized carbons (Fsp3) is 0.638. The van der Waals surface area contributed by atoms with E-state index >= 15 is 0 Å². The lowest BCUT2D eigenvalue weighted by Crippen LogP contribution is -2.77. The van der Waals surface area contributed by atoms with Gasteiger partial charge in [0.2, 0.25) is 0 Å². The summed E-state index contributed by atoms with van der Waals surface area (Å²) in [5.74, 6) is 2.43. The second-order valence-electron chi connectivity index (χ2n) is 17.8. The number of ether oxygens (including phenoxy) is 6. The molecular weight excluding hydrogens is 785 g/mol. The van der Waals surface area contributed by atoms with Crippen LogP contribution in [-0.4, -0.2) is 149 Å². The van der Waals surface area contributed by atoms with Crippen molar-refractivity contribution in [2.75, 3.05) is 66.2 Å². The summed E-state index contributed by atoms with van der Waals surface area (Å²) in [7, 11) is 0. The molecule has 0 radical (unpaired) electrons. The molecule has 0 amide bonds. The number of carbonyl (C=O) groups is 1. The van der Waals surface area contributed by atoms with Gasteiger partial charge in [-0.15, -0.1) is 13.2 Å². The molecule has 4 aliphatic carbocycles. The highest BCUT2D eigenvalue weighted by Crippen LogP contribution is 2.67. The summed E-state index contributed by atoms with van der Waals surface area (Å²) in [5.41, 5.74) is 0.977. The Morgan fingerprint density at radius 2 is 1.28 bits per heavy atom. The number of benzene rings is 2. The lowest BCUT2D eigenvalue weighted by atomic mass is 9.48. The SMILES string of the molecule is C.C=CCN1CC[C@]23c4c5ccc(OCOCCCO)c4O[C@H]2C(=O)CC[C@@]3(O)[C@H]1C5.C=CCN1CC[C@]23c4c5ccc(OCOCCCO)c4O[C@H]2[C@@H](O)CC[C@@]3(O)[C@H]1C5. The maximum absolute atomic E-state index is 13.0. The van der Waals surface area contributed by atoms with E-state index in [0.29, 0.717) is 87.6 Å². The summed E-state index contributed by atoms with van der Waals surface area (Å²) in [6, 6.07) is 7.81. The summed E-state index contributed by atoms with van der Waals surface area (Å²) in [4.78, 5) is 17.6. The monoisotopic (exact) mass is 848 g/mol. The van der Waals surface area contributed by atoms with Crippen molar-refractivity contribution in [2.45, 2.75) is 124 Å². The van der Waals surface area contributed by atoms with E-state index in [2.05, 4.69) is 29.0 Å². The molecule has 8 aliphatic rings. The second-order valence-corrected chi connectivity index (χ2v) is 17.8. The third-order valence-corrected chi connectivity index (χ3v) is 15.1. The fourth-order valence-corrected chi connectivity index (χ4v) is 12.7. The molecule has 2 saturated carbocycles. The van der Waals surface area contributed by atoms with Crippen LogP contribution in [0.4, 0.5) is 0 Å². The van der Waals surface area contributed by atoms with Crippen LogP contribution in [0, 0.1) is 0 Å². The predicted molar refractivity (Wildman–Crippen MR) is 225 cm³/mol. The van der Waals surface area contributed by atoms with E-state index in [1.54, 1.807) is 0 Å². The van der Waals surface area contributed by atoms with Crippen LogP contribution in [0.25, 0.3) is 0 Å². The van der Waals surface area contributed by atoms with Crippen LogP contribution in [-0.2, 0) is 37.9 Å². The first-order chi connectivity index (χ1) is 29.1. The van der Waals surface area contributed by atoms with E-state index in [1.807, 2.05) is 30.4 Å². The van der Waals surface area contributed by atoms with Gasteiger partial charge in [0.1, 0.15) is 6.10 Å². The van der Waals surface area contributed by atoms with Gasteiger partial charge >= 0.3 is 0 Å². The Labute approximate surface area is 358 Å². The first-order valence-electron chi connectivity index (χ1n) is 21.8. The highest BCUT2D eigenvalue weighted by Gasteiger charge is 2.74. The minimum Gasteiger partial charge on any atom is -0.482 e. The standard InChI is InChI=1S/C23H31NO6.C23H29NO6.CH4/c2*1-2-9-24-10-8-22-19-15-4-5-17(29-14-28-12-3-11-25)20(19)30-21(22)16(26)6-7-23(22,27)18(24)13-15;/h2,4-5,16,18,21,25-27H,1,3,6-14H2;2,4-5,18,21,25,27H,1,3,6-14H2;1H4/t16-,18+,21-,22-,23+;18-,21+,22+,23-;/m01./s1. The van der Waals surface area contributed by atoms with Crippen LogP contribution in [0.3, 0.4) is 0 Å². The fourth-order valence-electron chi connectivity index (χ4n) is 12.7. The minimum absolute atomic E-state index is 0. The van der Waals surface area contributed by atoms with Crippen molar-refractivity contribution in [2.24, 2.45) is 0 Å². The molecule has 4 aliphatic heterocycles. The molecule has 61 heavy (non-hydrogen) atoms. The Kier molecular flexibility index (Phi) is 12.4. The zero-order chi connectivity index (χ0) is 41.9. The predicted octanol–water partition coefficient (Wildman–Crippen LogP) is 3.09. The van der Waals surface area contributed by atoms with Gasteiger partial charge in [0.15, 0.2) is 48.5 Å². The summed E-state index contributed by atoms with van der Waals surface area (Å²) in [5, 5.41) is 52.9. The molecule has 0 unspecified atom stereocenters. The zero-order valence-corrected chi connectivity index (χ0v) is 34.4. The number of aliphatic hydroxyl groups excluding tert-OH is 3. The average molecular weight is 849 g/mol. The van der Waals surface area contributed by atoms with E-state index in [-0.39, 0.29) is 52.1 Å². The van der Waals surface area contributed by atoms with E-state index < -0.39 is 40.3 Å². The van der Waals surface area contributed by atoms with Gasteiger partial charge in [-0.25, -0.2) is 0 Å². The van der Waals surface area contributed by atoms with Gasteiger partial charge in [0.05, 0.1) is 41.3 Å². The Morgan fingerprint density at radius 3 is 1.84 bits per heavy atom. The number of carbonyl (C=O) groups excluding carboxylic acids is 1. The van der Waals surface area contributed by atoms with Gasteiger partial charge < -0.3 is 54.0 Å². The topological polar surface area (TPSA) is 180 Å². The first-order valence-corrected chi connectivity index (χ1v) is 21.8. The number of rotatable bonds is 16. The molecule has 2 spiro atoms. The van der Waals surface area contributed by atoms with Gasteiger partial charge in [-0.1, -0.05) is 31.7 Å². The molecule has 334 valence electrons. The molecule has 14 heteroatoms. The molecule has 4 bridgehead atoms. The van der Waals surface area contributed by atoms with Crippen molar-refractivity contribution in [3.05, 3.63) is 71.8 Å². The van der Waals surface area contributed by atoms with E-state index in [0.717, 1.165) is 55.7 Å². The molecule has 14 nitrogen and oxygen atoms in total. The number of piperidine rings is 2. The Balaban J connectivity index is 0.000000166. The molecule has 2 saturated heterocycles. The van der Waals surface area contributed by atoms with Gasteiger partial charge in [0, 0.05) is 62.5 Å². The summed E-state index contributed by atoms with van der Waals surface area (Å²) < 4.78 is 35.2. The van der Waals surface area contributed by atoms with Crippen LogP contribution < -0.4 is 18.9 Å². The van der Waals surface area contributed by atoms with Gasteiger partial charge in [-0.3, -0.25) is 14.6 Å². The van der Waals surface area contributed by atoms with Gasteiger partial charge in [-0.05, 0) is 87.6 Å². The normalized spacial score (nSPS) is 34.4. The summed E-state index contributed by atoms with van der Waals surface area (Å²) in [6.45, 7) is 11.9. The minimum atomic E-state index is -1.01. The highest BCUT2D eigenvalue weighted by atomic mass is 16.7. The smallest absolute Gasteiger partial charge is 0.189 e. The first kappa shape index (κ1) is 44.1. The Bertz CT molecular complexity index is 1980. The maximum atomic E-state index is 13.0. The lowest BCUT2D eigenvalue weighted by Gasteiger charge is -2.63. The highest BCUT2D eigenvalue weighted by molar-refractivity contribution is 5.90. The van der Waals surface area contributed by atoms with Crippen molar-refractivity contribution in [3.8, 4) is 23.0 Å². The quantitative estimate of drug-likeness (QED) is 0.0946. The van der Waals surface area contributed by atoms with Crippen LogP contribution in [0.1, 0.15) is 81.0 Å². The average Bonchev–Trinajstić information content (AvgIpc) is 3.79. The third kappa shape index (κ3) is 6.50. The molecule has 5 N–H and O–H groups in total. The molecule has 2 aromatic rings. The Hall–Kier alpha value is -3.57.